The van der Waals surface area contributed by atoms with Crippen LogP contribution >= 0.6 is 0 Å². The van der Waals surface area contributed by atoms with Crippen LogP contribution < -0.4 is 15.0 Å². The molecule has 5 heteroatoms. The molecule has 1 heterocycles. The van der Waals surface area contributed by atoms with E-state index < -0.39 is 0 Å². The highest BCUT2D eigenvalue weighted by Crippen LogP contribution is 2.23. The molecule has 4 rings (SSSR count). The molecule has 0 aliphatic rings. The lowest BCUT2D eigenvalue weighted by molar-refractivity contribution is 0.0992. The maximum atomic E-state index is 12.6. The Morgan fingerprint density at radius 1 is 0.967 bits per heavy atom. The second-order valence-electron chi connectivity index (χ2n) is 7.41. The predicted octanol–water partition coefficient (Wildman–Crippen LogP) is 5.64. The molecular formula is C25H24N2O3. The Morgan fingerprint density at radius 2 is 1.77 bits per heavy atom. The largest absolute Gasteiger partial charge is 0.486 e. The molecule has 1 aromatic heterocycles. The van der Waals surface area contributed by atoms with Gasteiger partial charge in [0.05, 0.1) is 0 Å². The van der Waals surface area contributed by atoms with Gasteiger partial charge in [-0.15, -0.1) is 0 Å². The van der Waals surface area contributed by atoms with Gasteiger partial charge in [0.2, 0.25) is 0 Å². The Kier molecular flexibility index (Phi) is 5.44. The van der Waals surface area contributed by atoms with E-state index in [2.05, 4.69) is 11.4 Å². The number of ether oxygens (including phenoxy) is 1. The fourth-order valence-corrected chi connectivity index (χ4v) is 3.24. The summed E-state index contributed by atoms with van der Waals surface area (Å²) in [5.41, 5.74) is 2.83. The highest BCUT2D eigenvalue weighted by atomic mass is 16.5. The van der Waals surface area contributed by atoms with E-state index in [1.165, 1.54) is 0 Å². The topological polar surface area (TPSA) is 54.7 Å². The summed E-state index contributed by atoms with van der Waals surface area (Å²) in [4.78, 5) is 14.6. The zero-order valence-corrected chi connectivity index (χ0v) is 17.3. The van der Waals surface area contributed by atoms with Crippen molar-refractivity contribution < 1.29 is 13.9 Å². The van der Waals surface area contributed by atoms with Crippen LogP contribution in [-0.4, -0.2) is 20.0 Å². The summed E-state index contributed by atoms with van der Waals surface area (Å²) in [5, 5.41) is 5.19. The molecule has 0 bridgehead atoms. The van der Waals surface area contributed by atoms with Gasteiger partial charge < -0.3 is 19.4 Å². The van der Waals surface area contributed by atoms with Gasteiger partial charge in [0.25, 0.3) is 5.91 Å². The Bertz CT molecular complexity index is 1190. The van der Waals surface area contributed by atoms with Crippen molar-refractivity contribution in [3.8, 4) is 5.75 Å². The molecule has 0 saturated heterocycles. The molecular weight excluding hydrogens is 376 g/mol. The van der Waals surface area contributed by atoms with Crippen molar-refractivity contribution in [1.29, 1.82) is 0 Å². The average molecular weight is 400 g/mol. The van der Waals surface area contributed by atoms with Gasteiger partial charge in [-0.1, -0.05) is 30.3 Å². The first-order valence-electron chi connectivity index (χ1n) is 9.79. The summed E-state index contributed by atoms with van der Waals surface area (Å²) in [7, 11) is 3.97. The lowest BCUT2D eigenvalue weighted by Gasteiger charge is -2.15. The standard InChI is InChI=1S/C25H24N2O3/c1-17-14-20(27(2)3)9-12-23(17)26-25(28)24-13-11-22(30-24)16-29-21-10-8-18-6-4-5-7-19(18)15-21/h4-15H,16H2,1-3H3,(H,26,28). The highest BCUT2D eigenvalue weighted by molar-refractivity contribution is 6.02. The van der Waals surface area contributed by atoms with E-state index in [4.69, 9.17) is 9.15 Å². The summed E-state index contributed by atoms with van der Waals surface area (Å²) in [6.07, 6.45) is 0. The van der Waals surface area contributed by atoms with Crippen LogP contribution in [0, 0.1) is 6.92 Å². The number of nitrogens with zero attached hydrogens (tertiary/aromatic N) is 1. The van der Waals surface area contributed by atoms with Gasteiger partial charge in [0.1, 0.15) is 18.1 Å². The lowest BCUT2D eigenvalue weighted by Crippen LogP contribution is -2.13. The number of benzene rings is 3. The molecule has 0 saturated carbocycles. The van der Waals surface area contributed by atoms with Crippen molar-refractivity contribution in [3.63, 3.8) is 0 Å². The first kappa shape index (κ1) is 19.6. The molecule has 0 fully saturated rings. The Morgan fingerprint density at radius 3 is 2.53 bits per heavy atom. The van der Waals surface area contributed by atoms with E-state index >= 15 is 0 Å². The minimum absolute atomic E-state index is 0.252. The van der Waals surface area contributed by atoms with Gasteiger partial charge in [-0.25, -0.2) is 0 Å². The summed E-state index contributed by atoms with van der Waals surface area (Å²) >= 11 is 0. The average Bonchev–Trinajstić information content (AvgIpc) is 3.22. The van der Waals surface area contributed by atoms with E-state index in [-0.39, 0.29) is 18.3 Å². The third-order valence-corrected chi connectivity index (χ3v) is 4.96. The molecule has 3 aromatic carbocycles. The van der Waals surface area contributed by atoms with Crippen LogP contribution in [0.2, 0.25) is 0 Å². The number of aryl methyl sites for hydroxylation is 1. The molecule has 0 aliphatic carbocycles. The maximum Gasteiger partial charge on any atom is 0.291 e. The van der Waals surface area contributed by atoms with Crippen LogP contribution in [0.5, 0.6) is 5.75 Å². The van der Waals surface area contributed by atoms with Gasteiger partial charge in [0, 0.05) is 25.5 Å². The van der Waals surface area contributed by atoms with Gasteiger partial charge in [-0.2, -0.15) is 0 Å². The second kappa shape index (κ2) is 8.33. The van der Waals surface area contributed by atoms with Crippen LogP contribution in [0.3, 0.4) is 0 Å². The van der Waals surface area contributed by atoms with Crippen LogP contribution in [0.25, 0.3) is 10.8 Å². The molecule has 0 spiro atoms. The zero-order valence-electron chi connectivity index (χ0n) is 17.3. The molecule has 4 aromatic rings. The lowest BCUT2D eigenvalue weighted by atomic mass is 10.1. The Hall–Kier alpha value is -3.73. The number of hydrogen-bond donors (Lipinski definition) is 1. The normalized spacial score (nSPS) is 10.8. The van der Waals surface area contributed by atoms with Gasteiger partial charge in [-0.05, 0) is 65.7 Å². The first-order valence-corrected chi connectivity index (χ1v) is 9.79. The number of furan rings is 1. The zero-order chi connectivity index (χ0) is 21.1. The van der Waals surface area contributed by atoms with Crippen LogP contribution in [0.4, 0.5) is 11.4 Å². The number of fused-ring (bicyclic) bond motifs is 1. The molecule has 0 unspecified atom stereocenters. The molecule has 30 heavy (non-hydrogen) atoms. The predicted molar refractivity (Wildman–Crippen MR) is 120 cm³/mol. The second-order valence-corrected chi connectivity index (χ2v) is 7.41. The number of anilines is 2. The monoisotopic (exact) mass is 400 g/mol. The molecule has 0 atom stereocenters. The smallest absolute Gasteiger partial charge is 0.291 e. The van der Waals surface area contributed by atoms with Gasteiger partial charge in [0.15, 0.2) is 5.76 Å². The van der Waals surface area contributed by atoms with Crippen LogP contribution in [0.15, 0.2) is 77.2 Å². The maximum absolute atomic E-state index is 12.6. The van der Waals surface area contributed by atoms with Crippen LogP contribution in [0.1, 0.15) is 21.9 Å². The Balaban J connectivity index is 1.40. The molecule has 0 radical (unpaired) electrons. The third kappa shape index (κ3) is 4.30. The summed E-state index contributed by atoms with van der Waals surface area (Å²) in [6.45, 7) is 2.22. The van der Waals surface area contributed by atoms with E-state index in [0.717, 1.165) is 33.5 Å². The van der Waals surface area contributed by atoms with Crippen LogP contribution in [-0.2, 0) is 6.61 Å². The third-order valence-electron chi connectivity index (χ3n) is 4.96. The fraction of sp³-hybridized carbons (Fsp3) is 0.160. The van der Waals surface area contributed by atoms with Crippen molar-refractivity contribution in [2.75, 3.05) is 24.3 Å². The fourth-order valence-electron chi connectivity index (χ4n) is 3.24. The van der Waals surface area contributed by atoms with Gasteiger partial charge >= 0.3 is 0 Å². The van der Waals surface area contributed by atoms with E-state index in [0.29, 0.717) is 5.76 Å². The molecule has 5 nitrogen and oxygen atoms in total. The summed E-state index contributed by atoms with van der Waals surface area (Å²) < 4.78 is 11.5. The number of rotatable bonds is 6. The number of amides is 1. The summed E-state index contributed by atoms with van der Waals surface area (Å²) in [5.74, 6) is 1.32. The van der Waals surface area contributed by atoms with E-state index in [9.17, 15) is 4.79 Å². The van der Waals surface area contributed by atoms with Gasteiger partial charge in [-0.3, -0.25) is 4.79 Å². The number of hydrogen-bond acceptors (Lipinski definition) is 4. The van der Waals surface area contributed by atoms with Crippen molar-refractivity contribution in [3.05, 3.63) is 89.9 Å². The quantitative estimate of drug-likeness (QED) is 0.455. The SMILES string of the molecule is Cc1cc(N(C)C)ccc1NC(=O)c1ccc(COc2ccc3ccccc3c2)o1. The minimum Gasteiger partial charge on any atom is -0.486 e. The van der Waals surface area contributed by atoms with E-state index in [1.807, 2.05) is 80.5 Å². The number of carbonyl (C=O) groups is 1. The van der Waals surface area contributed by atoms with Crippen molar-refractivity contribution in [2.24, 2.45) is 0 Å². The molecule has 1 N–H and O–H groups in total. The minimum atomic E-state index is -0.285. The number of carbonyl (C=O) groups excluding carboxylic acids is 1. The Labute approximate surface area is 175 Å². The van der Waals surface area contributed by atoms with Crippen molar-refractivity contribution in [2.45, 2.75) is 13.5 Å². The van der Waals surface area contributed by atoms with Crippen molar-refractivity contribution >= 4 is 28.1 Å². The molecule has 1 amide bonds. The summed E-state index contributed by atoms with van der Waals surface area (Å²) in [6, 6.07) is 23.4. The first-order chi connectivity index (χ1) is 14.5. The highest BCUT2D eigenvalue weighted by Gasteiger charge is 2.13. The van der Waals surface area contributed by atoms with Crippen molar-refractivity contribution in [1.82, 2.24) is 0 Å². The molecule has 152 valence electrons. The number of nitrogens with one attached hydrogen (secondary N) is 1. The molecule has 0 aliphatic heterocycles. The van der Waals surface area contributed by atoms with E-state index in [1.54, 1.807) is 12.1 Å².